The Morgan fingerprint density at radius 3 is 2.46 bits per heavy atom. The third kappa shape index (κ3) is 2.58. The van der Waals surface area contributed by atoms with Crippen molar-refractivity contribution in [1.29, 1.82) is 0 Å². The maximum Gasteiger partial charge on any atom is 0.431 e. The molecule has 0 aromatic carbocycles. The molecule has 1 heterocycles. The zero-order chi connectivity index (χ0) is 10.1. The van der Waals surface area contributed by atoms with E-state index >= 15 is 0 Å². The van der Waals surface area contributed by atoms with Gasteiger partial charge in [0.2, 0.25) is 0 Å². The van der Waals surface area contributed by atoms with Gasteiger partial charge in [0.1, 0.15) is 5.69 Å². The summed E-state index contributed by atoms with van der Waals surface area (Å²) in [5.41, 5.74) is -1.46. The molecular weight excluding hydrogens is 251 g/mol. The van der Waals surface area contributed by atoms with Crippen LogP contribution in [0.1, 0.15) is 11.4 Å². The van der Waals surface area contributed by atoms with Gasteiger partial charge in [-0.1, -0.05) is 15.9 Å². The van der Waals surface area contributed by atoms with Crippen LogP contribution in [0.5, 0.6) is 0 Å². The Labute approximate surface area is 79.9 Å². The largest absolute Gasteiger partial charge is 0.431 e. The number of hydrogen-bond donors (Lipinski definition) is 1. The molecule has 0 atom stereocenters. The molecule has 0 aliphatic rings. The van der Waals surface area contributed by atoms with Crippen LogP contribution in [0.4, 0.5) is 13.2 Å². The Morgan fingerprint density at radius 2 is 2.00 bits per heavy atom. The molecule has 0 unspecified atom stereocenters. The van der Waals surface area contributed by atoms with Gasteiger partial charge < -0.3 is 4.98 Å². The number of halogens is 4. The predicted octanol–water partition coefficient (Wildman–Crippen LogP) is 2.29. The average molecular weight is 256 g/mol. The van der Waals surface area contributed by atoms with E-state index in [4.69, 9.17) is 0 Å². The van der Waals surface area contributed by atoms with Crippen LogP contribution in [-0.2, 0) is 11.5 Å². The normalized spacial score (nSPS) is 11.7. The van der Waals surface area contributed by atoms with Gasteiger partial charge in [-0.25, -0.2) is 0 Å². The number of aromatic nitrogens is 1. The Bertz CT molecular complexity index is 357. The summed E-state index contributed by atoms with van der Waals surface area (Å²) in [4.78, 5) is 12.9. The molecule has 13 heavy (non-hydrogen) atoms. The Kier molecular flexibility index (Phi) is 2.80. The van der Waals surface area contributed by atoms with E-state index in [1.807, 2.05) is 0 Å². The topological polar surface area (TPSA) is 32.9 Å². The molecule has 2 nitrogen and oxygen atoms in total. The highest BCUT2D eigenvalue weighted by molar-refractivity contribution is 9.08. The minimum Gasteiger partial charge on any atom is -0.354 e. The first-order valence-corrected chi connectivity index (χ1v) is 4.42. The van der Waals surface area contributed by atoms with Crippen LogP contribution in [0.15, 0.2) is 16.9 Å². The van der Waals surface area contributed by atoms with E-state index in [-0.39, 0.29) is 11.0 Å². The lowest BCUT2D eigenvalue weighted by Crippen LogP contribution is -2.14. The van der Waals surface area contributed by atoms with Crippen LogP contribution >= 0.6 is 15.9 Å². The van der Waals surface area contributed by atoms with Crippen molar-refractivity contribution in [3.63, 3.8) is 0 Å². The van der Waals surface area contributed by atoms with Crippen molar-refractivity contribution in [2.24, 2.45) is 0 Å². The molecule has 0 spiro atoms. The van der Waals surface area contributed by atoms with Crippen molar-refractivity contribution in [3.05, 3.63) is 33.7 Å². The molecule has 0 aliphatic heterocycles. The second kappa shape index (κ2) is 3.53. The molecular formula is C7H5BrF3NO. The first-order valence-electron chi connectivity index (χ1n) is 3.30. The highest BCUT2D eigenvalue weighted by Gasteiger charge is 2.32. The zero-order valence-corrected chi connectivity index (χ0v) is 7.87. The monoisotopic (exact) mass is 255 g/mol. The number of alkyl halides is 4. The van der Waals surface area contributed by atoms with Crippen molar-refractivity contribution in [3.8, 4) is 0 Å². The van der Waals surface area contributed by atoms with Gasteiger partial charge in [-0.05, 0) is 0 Å². The minimum absolute atomic E-state index is 0.187. The summed E-state index contributed by atoms with van der Waals surface area (Å²) in [6, 6.07) is 1.65. The number of rotatable bonds is 1. The van der Waals surface area contributed by atoms with E-state index in [1.54, 1.807) is 0 Å². The molecule has 0 amide bonds. The smallest absolute Gasteiger partial charge is 0.354 e. The van der Waals surface area contributed by atoms with Gasteiger partial charge in [0.05, 0.1) is 0 Å². The summed E-state index contributed by atoms with van der Waals surface area (Å²) in [5.74, 6) is 0. The highest BCUT2D eigenvalue weighted by atomic mass is 79.9. The second-order valence-electron chi connectivity index (χ2n) is 2.39. The lowest BCUT2D eigenvalue weighted by molar-refractivity contribution is -0.141. The molecule has 1 aromatic heterocycles. The molecule has 0 bridgehead atoms. The fourth-order valence-corrected chi connectivity index (χ4v) is 1.13. The molecule has 0 saturated carbocycles. The van der Waals surface area contributed by atoms with Gasteiger partial charge in [-0.2, -0.15) is 13.2 Å². The summed E-state index contributed by atoms with van der Waals surface area (Å²) in [6.45, 7) is 0. The molecule has 1 N–H and O–H groups in total. The van der Waals surface area contributed by atoms with Crippen LogP contribution < -0.4 is 5.43 Å². The number of nitrogens with one attached hydrogen (secondary N) is 1. The fraction of sp³-hybridized carbons (Fsp3) is 0.286. The van der Waals surface area contributed by atoms with Gasteiger partial charge in [0.25, 0.3) is 0 Å². The second-order valence-corrected chi connectivity index (χ2v) is 2.95. The lowest BCUT2D eigenvalue weighted by atomic mass is 10.3. The van der Waals surface area contributed by atoms with Gasteiger partial charge in [0.15, 0.2) is 5.43 Å². The number of pyridine rings is 1. The van der Waals surface area contributed by atoms with E-state index in [1.165, 1.54) is 0 Å². The van der Waals surface area contributed by atoms with Crippen molar-refractivity contribution in [2.45, 2.75) is 11.5 Å². The number of hydrogen-bond acceptors (Lipinski definition) is 1. The predicted molar refractivity (Wildman–Crippen MR) is 44.7 cm³/mol. The molecule has 0 radical (unpaired) electrons. The SMILES string of the molecule is O=c1cc(CBr)[nH]c(C(F)(F)F)c1. The molecule has 0 saturated heterocycles. The molecule has 0 aliphatic carbocycles. The van der Waals surface area contributed by atoms with Gasteiger partial charge >= 0.3 is 6.18 Å². The van der Waals surface area contributed by atoms with Crippen molar-refractivity contribution >= 4 is 15.9 Å². The van der Waals surface area contributed by atoms with Crippen LogP contribution in [0.3, 0.4) is 0 Å². The number of H-pyrrole nitrogens is 1. The van der Waals surface area contributed by atoms with E-state index in [0.29, 0.717) is 6.07 Å². The summed E-state index contributed by atoms with van der Waals surface area (Å²) in [7, 11) is 0. The van der Waals surface area contributed by atoms with E-state index < -0.39 is 17.3 Å². The van der Waals surface area contributed by atoms with Crippen molar-refractivity contribution < 1.29 is 13.2 Å². The van der Waals surface area contributed by atoms with E-state index in [0.717, 1.165) is 6.07 Å². The summed E-state index contributed by atoms with van der Waals surface area (Å²) < 4.78 is 36.3. The summed E-state index contributed by atoms with van der Waals surface area (Å²) in [6.07, 6.45) is -4.50. The standard InChI is InChI=1S/C7H5BrF3NO/c8-3-4-1-5(13)2-6(12-4)7(9,10)11/h1-2H,3H2,(H,12,13). The van der Waals surface area contributed by atoms with Crippen LogP contribution in [0, 0.1) is 0 Å². The van der Waals surface area contributed by atoms with Crippen molar-refractivity contribution in [2.75, 3.05) is 0 Å². The minimum atomic E-state index is -4.50. The molecule has 0 fully saturated rings. The lowest BCUT2D eigenvalue weighted by Gasteiger charge is -2.07. The molecule has 72 valence electrons. The fourth-order valence-electron chi connectivity index (χ4n) is 0.825. The Morgan fingerprint density at radius 1 is 1.38 bits per heavy atom. The maximum absolute atomic E-state index is 12.1. The van der Waals surface area contributed by atoms with E-state index in [9.17, 15) is 18.0 Å². The molecule has 1 aromatic rings. The average Bonchev–Trinajstić information content (AvgIpc) is 2.01. The van der Waals surface area contributed by atoms with Gasteiger partial charge in [-0.3, -0.25) is 4.79 Å². The first-order chi connectivity index (χ1) is 5.93. The van der Waals surface area contributed by atoms with Crippen LogP contribution in [0.25, 0.3) is 0 Å². The third-order valence-corrected chi connectivity index (χ3v) is 1.95. The highest BCUT2D eigenvalue weighted by Crippen LogP contribution is 2.26. The van der Waals surface area contributed by atoms with Crippen LogP contribution in [-0.4, -0.2) is 4.98 Å². The molecule has 6 heteroatoms. The molecule has 1 rings (SSSR count). The summed E-state index contributed by atoms with van der Waals surface area (Å²) in [5, 5.41) is 0.187. The van der Waals surface area contributed by atoms with Crippen LogP contribution in [0.2, 0.25) is 0 Å². The van der Waals surface area contributed by atoms with Gasteiger partial charge in [0, 0.05) is 23.2 Å². The third-order valence-electron chi connectivity index (χ3n) is 1.35. The maximum atomic E-state index is 12.1. The van der Waals surface area contributed by atoms with E-state index in [2.05, 4.69) is 20.9 Å². The quantitative estimate of drug-likeness (QED) is 0.768. The Hall–Kier alpha value is -0.780. The zero-order valence-electron chi connectivity index (χ0n) is 6.28. The first kappa shape index (κ1) is 10.3. The number of aromatic amines is 1. The van der Waals surface area contributed by atoms with Crippen molar-refractivity contribution in [1.82, 2.24) is 4.98 Å². The summed E-state index contributed by atoms with van der Waals surface area (Å²) >= 11 is 2.96. The van der Waals surface area contributed by atoms with Gasteiger partial charge in [-0.15, -0.1) is 0 Å². The Balaban J connectivity index is 3.24.